The molecule has 0 saturated carbocycles. The quantitative estimate of drug-likeness (QED) is 0.311. The van der Waals surface area contributed by atoms with Gasteiger partial charge in [-0.15, -0.1) is 0 Å². The van der Waals surface area contributed by atoms with Gasteiger partial charge in [0.15, 0.2) is 0 Å². The Bertz CT molecular complexity index is 213. The molecule has 0 spiro atoms. The van der Waals surface area contributed by atoms with Crippen LogP contribution >= 0.6 is 0 Å². The molecule has 0 atom stereocenters. The SMILES string of the molecule is [Ca+2].[O]=[Cr](=[O])([O-])[O-].[O]=[Cr](=[O])([O-])[O-].[Pb+2]. The van der Waals surface area contributed by atoms with Crippen LogP contribution in [0.25, 0.3) is 0 Å². The topological polar surface area (TPSA) is 161 Å². The average Bonchev–Trinajstić information content (AvgIpc) is 1.12. The molecule has 0 aromatic carbocycles. The Kier molecular flexibility index (Phi) is 19.5. The fourth-order valence-electron chi connectivity index (χ4n) is 0. The van der Waals surface area contributed by atoms with Gasteiger partial charge in [0, 0.05) is 0 Å². The van der Waals surface area contributed by atoms with Crippen molar-refractivity contribution in [3.05, 3.63) is 0 Å². The Hall–Kier alpha value is 2.29. The summed E-state index contributed by atoms with van der Waals surface area (Å²) in [5.41, 5.74) is 0. The zero-order chi connectivity index (χ0) is 9.00. The molecule has 0 aliphatic carbocycles. The van der Waals surface area contributed by atoms with Crippen LogP contribution in [0.5, 0.6) is 0 Å². The summed E-state index contributed by atoms with van der Waals surface area (Å²) in [4.78, 5) is 0. The molecule has 0 bridgehead atoms. The first-order chi connectivity index (χ1) is 4.00. The third-order valence-electron chi connectivity index (χ3n) is 0. The first-order valence-electron chi connectivity index (χ1n) is 1.33. The minimum atomic E-state index is -5.75. The number of hydrogen-bond donors (Lipinski definition) is 0. The van der Waals surface area contributed by atoms with Crippen molar-refractivity contribution < 1.29 is 59.1 Å². The van der Waals surface area contributed by atoms with E-state index in [1.807, 2.05) is 0 Å². The monoisotopic (exact) mass is 480 g/mol. The Morgan fingerprint density at radius 2 is 0.667 bits per heavy atom. The maximum absolute atomic E-state index is 8.59. The molecule has 0 aromatic rings. The number of hydrogen-bond acceptors (Lipinski definition) is 8. The minimum Gasteiger partial charge on any atom is 2.00 e. The molecule has 66 valence electrons. The predicted octanol–water partition coefficient (Wildman–Crippen LogP) is -6.00. The first-order valence-corrected chi connectivity index (χ1v) is 5.50. The van der Waals surface area contributed by atoms with Gasteiger partial charge in [-0.25, -0.2) is 0 Å². The summed E-state index contributed by atoms with van der Waals surface area (Å²) in [7, 11) is 0. The molecule has 8 nitrogen and oxygen atoms in total. The fraction of sp³-hybridized carbons (Fsp3) is 0. The molecule has 2 radical (unpaired) electrons. The third-order valence-corrected chi connectivity index (χ3v) is 0. The van der Waals surface area contributed by atoms with E-state index in [1.165, 1.54) is 0 Å². The van der Waals surface area contributed by atoms with Crippen LogP contribution in [0, 0.1) is 0 Å². The van der Waals surface area contributed by atoms with Crippen molar-refractivity contribution in [3.63, 3.8) is 0 Å². The molecule has 0 saturated heterocycles. The van der Waals surface area contributed by atoms with Gasteiger partial charge in [-0.3, -0.25) is 0 Å². The molecule has 0 rings (SSSR count). The summed E-state index contributed by atoms with van der Waals surface area (Å²) < 4.78 is 68.8. The first kappa shape index (κ1) is 23.8. The average molecular weight is 479 g/mol. The summed E-state index contributed by atoms with van der Waals surface area (Å²) in [6.07, 6.45) is 0. The zero-order valence-electron chi connectivity index (χ0n) is 5.29. The van der Waals surface area contributed by atoms with Gasteiger partial charge in [0.1, 0.15) is 0 Å². The Morgan fingerprint density at radius 1 is 0.667 bits per heavy atom. The molecular formula is CaCr2O8Pb. The maximum atomic E-state index is 8.59. The molecule has 0 fully saturated rings. The second-order valence-electron chi connectivity index (χ2n) is 0.816. The molecule has 12 heavy (non-hydrogen) atoms. The Balaban J connectivity index is -0.0000000457. The molecule has 0 heterocycles. The minimum absolute atomic E-state index is 0. The molecule has 0 unspecified atom stereocenters. The van der Waals surface area contributed by atoms with Gasteiger partial charge in [0.05, 0.1) is 0 Å². The third kappa shape index (κ3) is 299. The van der Waals surface area contributed by atoms with Gasteiger partial charge in [0.25, 0.3) is 0 Å². The Labute approximate surface area is 122 Å². The van der Waals surface area contributed by atoms with E-state index in [1.54, 1.807) is 0 Å². The van der Waals surface area contributed by atoms with Crippen molar-refractivity contribution in [1.29, 1.82) is 0 Å². The summed E-state index contributed by atoms with van der Waals surface area (Å²) in [5.74, 6) is 0. The number of rotatable bonds is 0. The van der Waals surface area contributed by atoms with Crippen LogP contribution in [0.2, 0.25) is 0 Å². The molecule has 12 heteroatoms. The standard InChI is InChI=1S/Ca.2Cr.8O.Pb/q+2;;;;;;;4*-1;+2. The van der Waals surface area contributed by atoms with Gasteiger partial charge in [0.2, 0.25) is 0 Å². The summed E-state index contributed by atoms with van der Waals surface area (Å²) >= 11 is -11.5. The molecule has 0 aliphatic heterocycles. The largest absolute Gasteiger partial charge is 2.00 e. The zero-order valence-corrected chi connectivity index (χ0v) is 13.9. The summed E-state index contributed by atoms with van der Waals surface area (Å²) in [5, 5.41) is 0. The molecule has 0 N–H and O–H groups in total. The molecule has 0 aromatic heterocycles. The van der Waals surface area contributed by atoms with Gasteiger partial charge in [-0.2, -0.15) is 0 Å². The normalized spacial score (nSPS) is 9.67. The van der Waals surface area contributed by atoms with E-state index in [0.29, 0.717) is 0 Å². The van der Waals surface area contributed by atoms with Gasteiger partial charge in [-0.1, -0.05) is 0 Å². The van der Waals surface area contributed by atoms with Crippen LogP contribution < -0.4 is 16.6 Å². The van der Waals surface area contributed by atoms with E-state index < -0.39 is 27.2 Å². The predicted molar refractivity (Wildman–Crippen MR) is 14.3 cm³/mol. The smallest absolute Gasteiger partial charge is 2.00 e. The maximum Gasteiger partial charge on any atom is 2.00 e. The summed E-state index contributed by atoms with van der Waals surface area (Å²) in [6.45, 7) is 0. The van der Waals surface area contributed by atoms with Crippen molar-refractivity contribution in [2.24, 2.45) is 0 Å². The Morgan fingerprint density at radius 3 is 0.667 bits per heavy atom. The summed E-state index contributed by atoms with van der Waals surface area (Å²) in [6, 6.07) is 0. The van der Waals surface area contributed by atoms with E-state index in [9.17, 15) is 0 Å². The van der Waals surface area contributed by atoms with Crippen molar-refractivity contribution in [2.75, 3.05) is 0 Å². The van der Waals surface area contributed by atoms with E-state index in [0.717, 1.165) is 0 Å². The van der Waals surface area contributed by atoms with Crippen LogP contribution in [0.1, 0.15) is 0 Å². The van der Waals surface area contributed by atoms with Crippen LogP contribution in [-0.2, 0) is 42.4 Å². The van der Waals surface area contributed by atoms with E-state index in [4.69, 9.17) is 31.8 Å². The van der Waals surface area contributed by atoms with E-state index in [-0.39, 0.29) is 65.0 Å². The van der Waals surface area contributed by atoms with Gasteiger partial charge >= 0.3 is 124 Å². The van der Waals surface area contributed by atoms with Crippen molar-refractivity contribution in [2.45, 2.75) is 0 Å². The van der Waals surface area contributed by atoms with Crippen molar-refractivity contribution in [1.82, 2.24) is 0 Å². The van der Waals surface area contributed by atoms with E-state index >= 15 is 0 Å². The molecule has 0 amide bonds. The molecular weight excluding hydrogens is 479 g/mol. The van der Waals surface area contributed by atoms with Crippen molar-refractivity contribution in [3.8, 4) is 0 Å². The van der Waals surface area contributed by atoms with Crippen LogP contribution in [0.4, 0.5) is 0 Å². The molecule has 0 aliphatic rings. The van der Waals surface area contributed by atoms with Crippen LogP contribution in [0.3, 0.4) is 0 Å². The second-order valence-corrected chi connectivity index (χ2v) is 3.37. The van der Waals surface area contributed by atoms with Crippen molar-refractivity contribution >= 4 is 65.0 Å². The van der Waals surface area contributed by atoms with E-state index in [2.05, 4.69) is 0 Å². The van der Waals surface area contributed by atoms with Crippen LogP contribution in [0.15, 0.2) is 0 Å². The van der Waals surface area contributed by atoms with Crippen LogP contribution in [-0.4, -0.2) is 65.0 Å². The fourth-order valence-corrected chi connectivity index (χ4v) is 0. The van der Waals surface area contributed by atoms with Gasteiger partial charge in [-0.05, 0) is 0 Å². The van der Waals surface area contributed by atoms with Gasteiger partial charge < -0.3 is 0 Å². The second kappa shape index (κ2) is 9.83.